The Morgan fingerprint density at radius 3 is 2.96 bits per heavy atom. The molecule has 1 aromatic rings. The van der Waals surface area contributed by atoms with Crippen molar-refractivity contribution in [2.24, 2.45) is 0 Å². The average Bonchev–Trinajstić information content (AvgIpc) is 3.12. The zero-order chi connectivity index (χ0) is 18.0. The van der Waals surface area contributed by atoms with Crippen LogP contribution in [0.5, 0.6) is 0 Å². The van der Waals surface area contributed by atoms with Crippen molar-refractivity contribution in [3.05, 3.63) is 11.2 Å². The number of esters is 1. The van der Waals surface area contributed by atoms with Crippen LogP contribution in [0.4, 0.5) is 0 Å². The molecule has 138 valence electrons. The molecule has 3 heterocycles. The fourth-order valence-corrected chi connectivity index (χ4v) is 5.96. The highest BCUT2D eigenvalue weighted by Crippen LogP contribution is 2.28. The molecular weight excluding hydrogens is 368 g/mol. The number of rotatable bonds is 4. The summed E-state index contributed by atoms with van der Waals surface area (Å²) in [7, 11) is -2.67. The second-order valence-corrected chi connectivity index (χ2v) is 8.89. The Balaban J connectivity index is 1.82. The average molecular weight is 388 g/mol. The smallest absolute Gasteiger partial charge is 0.358 e. The number of thiazole rings is 1. The molecule has 1 amide bonds. The number of aromatic nitrogens is 1. The number of carbonyl (C=O) groups excluding carboxylic acids is 2. The number of carbonyl (C=O) groups is 2. The third kappa shape index (κ3) is 3.54. The highest BCUT2D eigenvalue weighted by Gasteiger charge is 2.38. The lowest BCUT2D eigenvalue weighted by atomic mass is 10.1. The predicted octanol–water partition coefficient (Wildman–Crippen LogP) is -0.485. The monoisotopic (exact) mass is 388 g/mol. The van der Waals surface area contributed by atoms with E-state index in [9.17, 15) is 18.0 Å². The lowest BCUT2D eigenvalue weighted by molar-refractivity contribution is -0.135. The summed E-state index contributed by atoms with van der Waals surface area (Å²) in [5, 5.41) is 3.01. The maximum absolute atomic E-state index is 13.0. The first-order chi connectivity index (χ1) is 11.9. The Labute approximate surface area is 150 Å². The predicted molar refractivity (Wildman–Crippen MR) is 89.8 cm³/mol. The summed E-state index contributed by atoms with van der Waals surface area (Å²) >= 11 is 0.899. The van der Waals surface area contributed by atoms with Gasteiger partial charge in [0.2, 0.25) is 5.91 Å². The fourth-order valence-electron chi connectivity index (χ4n) is 3.17. The van der Waals surface area contributed by atoms with E-state index in [1.807, 2.05) is 0 Å². The van der Waals surface area contributed by atoms with Crippen molar-refractivity contribution in [1.82, 2.24) is 19.5 Å². The van der Waals surface area contributed by atoms with Gasteiger partial charge in [-0.25, -0.2) is 18.2 Å². The summed E-state index contributed by atoms with van der Waals surface area (Å²) in [4.78, 5) is 29.4. The van der Waals surface area contributed by atoms with E-state index in [-0.39, 0.29) is 34.9 Å². The van der Waals surface area contributed by atoms with Gasteiger partial charge in [0.15, 0.2) is 9.90 Å². The number of hydrogen-bond acceptors (Lipinski definition) is 8. The molecule has 1 N–H and O–H groups in total. The summed E-state index contributed by atoms with van der Waals surface area (Å²) in [5.74, 6) is -0.783. The van der Waals surface area contributed by atoms with E-state index in [2.05, 4.69) is 15.0 Å². The van der Waals surface area contributed by atoms with Gasteiger partial charge in [-0.05, 0) is 12.8 Å². The highest BCUT2D eigenvalue weighted by molar-refractivity contribution is 7.91. The molecule has 1 unspecified atom stereocenters. The zero-order valence-corrected chi connectivity index (χ0v) is 15.4. The zero-order valence-electron chi connectivity index (χ0n) is 13.8. The molecule has 0 saturated carbocycles. The van der Waals surface area contributed by atoms with E-state index in [0.29, 0.717) is 26.1 Å². The number of ether oxygens (including phenoxy) is 1. The Morgan fingerprint density at radius 1 is 1.44 bits per heavy atom. The molecule has 0 radical (unpaired) electrons. The first-order valence-electron chi connectivity index (χ1n) is 7.97. The summed E-state index contributed by atoms with van der Waals surface area (Å²) < 4.78 is 31.8. The lowest BCUT2D eigenvalue weighted by Gasteiger charge is -2.40. The molecule has 3 rings (SSSR count). The summed E-state index contributed by atoms with van der Waals surface area (Å²) in [6, 6.07) is -0.146. The van der Waals surface area contributed by atoms with Crippen LogP contribution in [0.1, 0.15) is 23.3 Å². The molecular formula is C14H20N4O5S2. The van der Waals surface area contributed by atoms with Gasteiger partial charge in [-0.1, -0.05) is 0 Å². The second-order valence-electron chi connectivity index (χ2n) is 5.90. The van der Waals surface area contributed by atoms with Gasteiger partial charge in [0, 0.05) is 32.2 Å². The Hall–Kier alpha value is -1.56. The van der Waals surface area contributed by atoms with Crippen molar-refractivity contribution in [3.8, 4) is 0 Å². The standard InChI is InChI=1S/C14H20N4O5S2/c1-23-13(20)12-14(24-9-16-12)25(21,22)17-5-2-3-10(8-17)18-6-4-15-7-11(18)19/h9-10,15H,2-8H2,1H3. The highest BCUT2D eigenvalue weighted by atomic mass is 32.2. The number of piperidine rings is 1. The van der Waals surface area contributed by atoms with Gasteiger partial charge < -0.3 is 15.0 Å². The molecule has 2 saturated heterocycles. The number of sulfonamides is 1. The normalized spacial score (nSPS) is 22.8. The molecule has 11 heteroatoms. The van der Waals surface area contributed by atoms with Crippen LogP contribution in [-0.2, 0) is 19.6 Å². The SMILES string of the molecule is COC(=O)c1ncsc1S(=O)(=O)N1CCCC(N2CCNCC2=O)C1. The summed E-state index contributed by atoms with van der Waals surface area (Å²) in [6.45, 7) is 2.15. The quantitative estimate of drug-likeness (QED) is 0.694. The molecule has 2 aliphatic heterocycles. The van der Waals surface area contributed by atoms with Gasteiger partial charge in [-0.2, -0.15) is 4.31 Å². The maximum atomic E-state index is 13.0. The molecule has 0 aromatic carbocycles. The molecule has 25 heavy (non-hydrogen) atoms. The van der Waals surface area contributed by atoms with E-state index in [0.717, 1.165) is 17.8 Å². The summed E-state index contributed by atoms with van der Waals surface area (Å²) in [5.41, 5.74) is 1.13. The van der Waals surface area contributed by atoms with Crippen LogP contribution >= 0.6 is 11.3 Å². The van der Waals surface area contributed by atoms with Crippen LogP contribution in [0.15, 0.2) is 9.72 Å². The number of piperazine rings is 1. The summed E-state index contributed by atoms with van der Waals surface area (Å²) in [6.07, 6.45) is 1.43. The third-order valence-electron chi connectivity index (χ3n) is 4.41. The van der Waals surface area contributed by atoms with Gasteiger partial charge in [0.25, 0.3) is 10.0 Å². The molecule has 2 aliphatic rings. The van der Waals surface area contributed by atoms with E-state index in [4.69, 9.17) is 0 Å². The molecule has 0 aliphatic carbocycles. The van der Waals surface area contributed by atoms with Crippen molar-refractivity contribution >= 4 is 33.2 Å². The molecule has 0 spiro atoms. The fraction of sp³-hybridized carbons (Fsp3) is 0.643. The minimum absolute atomic E-state index is 0.0106. The number of amides is 1. The molecule has 0 bridgehead atoms. The minimum atomic E-state index is -3.86. The number of nitrogens with one attached hydrogen (secondary N) is 1. The van der Waals surface area contributed by atoms with Crippen LogP contribution in [0.25, 0.3) is 0 Å². The van der Waals surface area contributed by atoms with Gasteiger partial charge in [-0.15, -0.1) is 11.3 Å². The van der Waals surface area contributed by atoms with E-state index in [1.165, 1.54) is 16.9 Å². The van der Waals surface area contributed by atoms with E-state index in [1.54, 1.807) is 4.90 Å². The van der Waals surface area contributed by atoms with Crippen LogP contribution in [0.3, 0.4) is 0 Å². The number of methoxy groups -OCH3 is 1. The Bertz CT molecular complexity index is 763. The van der Waals surface area contributed by atoms with Crippen LogP contribution in [0, 0.1) is 0 Å². The molecule has 1 atom stereocenters. The third-order valence-corrected chi connectivity index (χ3v) is 7.63. The van der Waals surface area contributed by atoms with Gasteiger partial charge in [-0.3, -0.25) is 4.79 Å². The Morgan fingerprint density at radius 2 is 2.24 bits per heavy atom. The van der Waals surface area contributed by atoms with Crippen molar-refractivity contribution in [1.29, 1.82) is 0 Å². The van der Waals surface area contributed by atoms with Crippen molar-refractivity contribution in [2.75, 3.05) is 39.8 Å². The van der Waals surface area contributed by atoms with Crippen LogP contribution in [0.2, 0.25) is 0 Å². The van der Waals surface area contributed by atoms with Crippen molar-refractivity contribution in [2.45, 2.75) is 23.1 Å². The molecule has 9 nitrogen and oxygen atoms in total. The second kappa shape index (κ2) is 7.36. The number of hydrogen-bond donors (Lipinski definition) is 1. The molecule has 2 fully saturated rings. The first-order valence-corrected chi connectivity index (χ1v) is 10.3. The largest absolute Gasteiger partial charge is 0.464 e. The van der Waals surface area contributed by atoms with Crippen LogP contribution in [-0.4, -0.2) is 80.4 Å². The van der Waals surface area contributed by atoms with Gasteiger partial charge in [0.1, 0.15) is 0 Å². The number of nitrogens with zero attached hydrogens (tertiary/aromatic N) is 3. The van der Waals surface area contributed by atoms with Crippen LogP contribution < -0.4 is 5.32 Å². The topological polar surface area (TPSA) is 109 Å². The molecule has 1 aromatic heterocycles. The first kappa shape index (κ1) is 18.2. The van der Waals surface area contributed by atoms with E-state index >= 15 is 0 Å². The lowest BCUT2D eigenvalue weighted by Crippen LogP contribution is -2.57. The van der Waals surface area contributed by atoms with Gasteiger partial charge >= 0.3 is 5.97 Å². The van der Waals surface area contributed by atoms with Crippen molar-refractivity contribution < 1.29 is 22.7 Å². The van der Waals surface area contributed by atoms with Gasteiger partial charge in [0.05, 0.1) is 19.2 Å². The Kier molecular flexibility index (Phi) is 5.37. The maximum Gasteiger partial charge on any atom is 0.358 e. The minimum Gasteiger partial charge on any atom is -0.464 e. The van der Waals surface area contributed by atoms with E-state index < -0.39 is 16.0 Å². The van der Waals surface area contributed by atoms with Crippen molar-refractivity contribution in [3.63, 3.8) is 0 Å².